The maximum absolute atomic E-state index is 11.3. The summed E-state index contributed by atoms with van der Waals surface area (Å²) in [6, 6.07) is 6.73. The van der Waals surface area contributed by atoms with E-state index in [-0.39, 0.29) is 18.6 Å². The highest BCUT2D eigenvalue weighted by Gasteiger charge is 2.20. The van der Waals surface area contributed by atoms with Crippen molar-refractivity contribution in [2.45, 2.75) is 12.5 Å². The van der Waals surface area contributed by atoms with E-state index in [2.05, 4.69) is 10.6 Å². The molecule has 3 amide bonds. The van der Waals surface area contributed by atoms with Gasteiger partial charge < -0.3 is 25.8 Å². The predicted molar refractivity (Wildman–Crippen MR) is 71.6 cm³/mol. The normalized spacial score (nSPS) is 16.3. The molecule has 2 rings (SSSR count). The van der Waals surface area contributed by atoms with Crippen LogP contribution in [0.2, 0.25) is 0 Å². The van der Waals surface area contributed by atoms with Gasteiger partial charge in [0.2, 0.25) is 5.91 Å². The topological polar surface area (TPSA) is 103 Å². The second kappa shape index (κ2) is 6.65. The highest BCUT2D eigenvalue weighted by atomic mass is 16.6. The lowest BCUT2D eigenvalue weighted by molar-refractivity contribution is -0.120. The lowest BCUT2D eigenvalue weighted by Gasteiger charge is -2.26. The first kappa shape index (κ1) is 14.0. The van der Waals surface area contributed by atoms with Crippen molar-refractivity contribution in [2.75, 3.05) is 19.7 Å². The zero-order valence-electron chi connectivity index (χ0n) is 10.9. The molecule has 1 atom stereocenters. The quantitative estimate of drug-likeness (QED) is 0.706. The molecule has 1 aromatic rings. The summed E-state index contributed by atoms with van der Waals surface area (Å²) in [4.78, 5) is 21.8. The highest BCUT2D eigenvalue weighted by molar-refractivity contribution is 5.83. The number of primary amides is 1. The van der Waals surface area contributed by atoms with Gasteiger partial charge >= 0.3 is 6.03 Å². The predicted octanol–water partition coefficient (Wildman–Crippen LogP) is 0.00100. The number of amides is 3. The van der Waals surface area contributed by atoms with Crippen LogP contribution in [0.5, 0.6) is 11.5 Å². The van der Waals surface area contributed by atoms with Gasteiger partial charge in [-0.15, -0.1) is 0 Å². The fourth-order valence-electron chi connectivity index (χ4n) is 1.81. The van der Waals surface area contributed by atoms with Crippen molar-refractivity contribution in [3.63, 3.8) is 0 Å². The molecule has 0 bridgehead atoms. The van der Waals surface area contributed by atoms with Crippen LogP contribution in [-0.2, 0) is 4.79 Å². The van der Waals surface area contributed by atoms with Crippen LogP contribution in [0.4, 0.5) is 4.79 Å². The zero-order chi connectivity index (χ0) is 14.4. The maximum Gasteiger partial charge on any atom is 0.312 e. The Kier molecular flexibility index (Phi) is 4.65. The van der Waals surface area contributed by atoms with E-state index in [1.807, 2.05) is 24.3 Å². The molecule has 0 aromatic heterocycles. The molecule has 4 N–H and O–H groups in total. The van der Waals surface area contributed by atoms with E-state index in [0.29, 0.717) is 25.3 Å². The molecule has 7 heteroatoms. The third-order valence-electron chi connectivity index (χ3n) is 2.78. The molecule has 0 unspecified atom stereocenters. The molecule has 0 fully saturated rings. The fourth-order valence-corrected chi connectivity index (χ4v) is 1.81. The van der Waals surface area contributed by atoms with Crippen LogP contribution in [-0.4, -0.2) is 37.7 Å². The second-order valence-corrected chi connectivity index (χ2v) is 4.35. The van der Waals surface area contributed by atoms with Crippen LogP contribution in [0.3, 0.4) is 0 Å². The SMILES string of the molecule is NC(=O)NCC(=O)NCC[C@@H]1COc2ccccc2O1. The number of carbonyl (C=O) groups is 2. The number of ether oxygens (including phenoxy) is 2. The van der Waals surface area contributed by atoms with E-state index < -0.39 is 6.03 Å². The molecule has 1 aliphatic heterocycles. The fraction of sp³-hybridized carbons (Fsp3) is 0.385. The number of benzene rings is 1. The Morgan fingerprint density at radius 3 is 2.75 bits per heavy atom. The Hall–Kier alpha value is -2.44. The lowest BCUT2D eigenvalue weighted by Crippen LogP contribution is -2.41. The number of rotatable bonds is 5. The van der Waals surface area contributed by atoms with Gasteiger partial charge in [-0.3, -0.25) is 4.79 Å². The average molecular weight is 279 g/mol. The second-order valence-electron chi connectivity index (χ2n) is 4.35. The molecule has 1 aromatic carbocycles. The highest BCUT2D eigenvalue weighted by Crippen LogP contribution is 2.31. The summed E-state index contributed by atoms with van der Waals surface area (Å²) in [6.45, 7) is 0.766. The van der Waals surface area contributed by atoms with E-state index >= 15 is 0 Å². The van der Waals surface area contributed by atoms with Gasteiger partial charge in [-0.2, -0.15) is 0 Å². The van der Waals surface area contributed by atoms with Crippen LogP contribution in [0.25, 0.3) is 0 Å². The molecule has 1 heterocycles. The van der Waals surface area contributed by atoms with Crippen molar-refractivity contribution in [3.05, 3.63) is 24.3 Å². The largest absolute Gasteiger partial charge is 0.486 e. The van der Waals surface area contributed by atoms with E-state index in [9.17, 15) is 9.59 Å². The minimum Gasteiger partial charge on any atom is -0.486 e. The van der Waals surface area contributed by atoms with Gasteiger partial charge in [0.15, 0.2) is 11.5 Å². The number of hydrogen-bond acceptors (Lipinski definition) is 4. The molecular formula is C13H17N3O4. The Bertz CT molecular complexity index is 492. The smallest absolute Gasteiger partial charge is 0.312 e. The standard InChI is InChI=1S/C13H17N3O4/c14-13(18)16-7-12(17)15-6-5-9-8-19-10-3-1-2-4-11(10)20-9/h1-4,9H,5-8H2,(H,15,17)(H3,14,16,18)/t9-/m1/s1. The number of urea groups is 1. The molecule has 20 heavy (non-hydrogen) atoms. The number of hydrogen-bond donors (Lipinski definition) is 3. The van der Waals surface area contributed by atoms with Crippen molar-refractivity contribution in [1.82, 2.24) is 10.6 Å². The molecule has 108 valence electrons. The summed E-state index contributed by atoms with van der Waals surface area (Å²) in [5, 5.41) is 4.88. The van der Waals surface area contributed by atoms with Crippen molar-refractivity contribution < 1.29 is 19.1 Å². The maximum atomic E-state index is 11.3. The molecule has 0 saturated heterocycles. The summed E-state index contributed by atoms with van der Waals surface area (Å²) in [6.07, 6.45) is 0.519. The Balaban J connectivity index is 1.68. The first-order valence-electron chi connectivity index (χ1n) is 6.33. The van der Waals surface area contributed by atoms with Gasteiger partial charge in [-0.1, -0.05) is 12.1 Å². The van der Waals surface area contributed by atoms with Crippen molar-refractivity contribution in [3.8, 4) is 11.5 Å². The Labute approximate surface area is 116 Å². The lowest BCUT2D eigenvalue weighted by atomic mass is 10.2. The van der Waals surface area contributed by atoms with Crippen molar-refractivity contribution in [1.29, 1.82) is 0 Å². The molecular weight excluding hydrogens is 262 g/mol. The molecule has 0 saturated carbocycles. The average Bonchev–Trinajstić information content (AvgIpc) is 2.45. The third kappa shape index (κ3) is 4.04. The van der Waals surface area contributed by atoms with E-state index in [1.54, 1.807) is 0 Å². The van der Waals surface area contributed by atoms with Crippen LogP contribution in [0.1, 0.15) is 6.42 Å². The Morgan fingerprint density at radius 2 is 2.00 bits per heavy atom. The van der Waals surface area contributed by atoms with Gasteiger partial charge in [0.05, 0.1) is 6.54 Å². The number of nitrogens with one attached hydrogen (secondary N) is 2. The molecule has 0 radical (unpaired) electrons. The minimum absolute atomic E-state index is 0.103. The Morgan fingerprint density at radius 1 is 1.25 bits per heavy atom. The number of nitrogens with two attached hydrogens (primary N) is 1. The van der Waals surface area contributed by atoms with Gasteiger partial charge in [0.1, 0.15) is 12.7 Å². The van der Waals surface area contributed by atoms with Gasteiger partial charge in [0.25, 0.3) is 0 Å². The van der Waals surface area contributed by atoms with Crippen molar-refractivity contribution >= 4 is 11.9 Å². The van der Waals surface area contributed by atoms with Crippen LogP contribution in [0, 0.1) is 0 Å². The molecule has 0 aliphatic carbocycles. The summed E-state index contributed by atoms with van der Waals surface area (Å²) in [5.74, 6) is 1.16. The summed E-state index contributed by atoms with van der Waals surface area (Å²) in [7, 11) is 0. The van der Waals surface area contributed by atoms with E-state index in [4.69, 9.17) is 15.2 Å². The zero-order valence-corrected chi connectivity index (χ0v) is 10.9. The van der Waals surface area contributed by atoms with Crippen molar-refractivity contribution in [2.24, 2.45) is 5.73 Å². The minimum atomic E-state index is -0.722. The molecule has 7 nitrogen and oxygen atoms in total. The summed E-state index contributed by atoms with van der Waals surface area (Å²) in [5.41, 5.74) is 4.86. The number of fused-ring (bicyclic) bond motifs is 1. The van der Waals surface area contributed by atoms with E-state index in [0.717, 1.165) is 5.75 Å². The first-order valence-corrected chi connectivity index (χ1v) is 6.33. The third-order valence-corrected chi connectivity index (χ3v) is 2.78. The van der Waals surface area contributed by atoms with Gasteiger partial charge in [-0.05, 0) is 12.1 Å². The monoisotopic (exact) mass is 279 g/mol. The van der Waals surface area contributed by atoms with Crippen LogP contribution < -0.4 is 25.8 Å². The summed E-state index contributed by atoms with van der Waals surface area (Å²) >= 11 is 0. The number of carbonyl (C=O) groups excluding carboxylic acids is 2. The molecule has 1 aliphatic rings. The first-order chi connectivity index (χ1) is 9.65. The van der Waals surface area contributed by atoms with E-state index in [1.165, 1.54) is 0 Å². The number of para-hydroxylation sites is 2. The summed E-state index contributed by atoms with van der Waals surface area (Å²) < 4.78 is 11.3. The van der Waals surface area contributed by atoms with Gasteiger partial charge in [-0.25, -0.2) is 4.79 Å². The van der Waals surface area contributed by atoms with Gasteiger partial charge in [0, 0.05) is 13.0 Å². The molecule has 0 spiro atoms. The van der Waals surface area contributed by atoms with Crippen LogP contribution in [0.15, 0.2) is 24.3 Å². The van der Waals surface area contributed by atoms with Crippen LogP contribution >= 0.6 is 0 Å².